The van der Waals surface area contributed by atoms with Gasteiger partial charge in [-0.05, 0) is 125 Å². The molecule has 11 nitrogen and oxygen atoms in total. The highest BCUT2D eigenvalue weighted by molar-refractivity contribution is 5.92. The topological polar surface area (TPSA) is 155 Å². The molecule has 6 rings (SSSR count). The second-order valence-corrected chi connectivity index (χ2v) is 17.9. The zero-order valence-corrected chi connectivity index (χ0v) is 37.9. The van der Waals surface area contributed by atoms with Crippen LogP contribution in [-0.2, 0) is 42.7 Å². The molecule has 332 valence electrons. The van der Waals surface area contributed by atoms with Crippen LogP contribution in [0, 0.1) is 24.7 Å². The summed E-state index contributed by atoms with van der Waals surface area (Å²) >= 11 is 0. The van der Waals surface area contributed by atoms with Gasteiger partial charge < -0.3 is 33.9 Å². The number of benzene rings is 4. The van der Waals surface area contributed by atoms with Crippen LogP contribution in [-0.4, -0.2) is 58.5 Å². The second kappa shape index (κ2) is 20.0. The summed E-state index contributed by atoms with van der Waals surface area (Å²) in [5, 5.41) is 18.1. The Hall–Kier alpha value is -6.72. The Labute approximate surface area is 371 Å². The average molecular weight is 859 g/mol. The molecule has 2 heterocycles. The number of hydrogen-bond acceptors (Lipinski definition) is 10. The zero-order chi connectivity index (χ0) is 46.9. The average Bonchev–Trinajstić information content (AvgIpc) is 3.18. The lowest BCUT2D eigenvalue weighted by Crippen LogP contribution is -2.41. The SMILES string of the molecule is C#Cc1cc(C(=O)O)cc2c1OC(C)(C)CC2(C)C.C#Cc1cc(C(=O)Oc2ccc(CC(=O)OCC)cc2)cc2c1OC(C)(C)CC2(C)C.CCOC(=O)Cc1ccc(O)cc1. The number of aromatic carboxylic acids is 1. The lowest BCUT2D eigenvalue weighted by Gasteiger charge is -2.43. The van der Waals surface area contributed by atoms with E-state index in [0.717, 1.165) is 35.1 Å². The lowest BCUT2D eigenvalue weighted by molar-refractivity contribution is -0.143. The van der Waals surface area contributed by atoms with E-state index in [1.807, 2.05) is 33.8 Å². The minimum absolute atomic E-state index is 0.170. The number of ether oxygens (including phenoxy) is 5. The molecule has 0 radical (unpaired) electrons. The number of hydrogen-bond donors (Lipinski definition) is 2. The van der Waals surface area contributed by atoms with Gasteiger partial charge in [-0.2, -0.15) is 0 Å². The first-order valence-corrected chi connectivity index (χ1v) is 20.7. The standard InChI is InChI=1S/C26H28O5.C16H18O3.C10H12O3/c1-7-18-14-19(15-21-23(18)31-26(5,6)16-25(21,3)4)24(28)30-20-11-9-17(10-12-20)13-22(27)29-8-2;1-6-10-7-11(14(17)18)8-12-13(10)19-16(4,5)9-15(12,2)3;1-2-13-10(12)7-8-3-5-9(11)6-4-8/h1,9-12,14-15H,8,13,16H2,2-6H3;1,7-8H,9H2,2-5H3,(H,17,18);3-6,11H,2,7H2,1H3. The highest BCUT2D eigenvalue weighted by atomic mass is 16.5. The van der Waals surface area contributed by atoms with Crippen LogP contribution < -0.4 is 14.2 Å². The van der Waals surface area contributed by atoms with E-state index < -0.39 is 11.9 Å². The number of carboxylic acids is 1. The molecule has 11 heteroatoms. The summed E-state index contributed by atoms with van der Waals surface area (Å²) in [5.41, 5.74) is 3.98. The Kier molecular flexibility index (Phi) is 15.5. The number of rotatable bonds is 9. The number of aromatic hydroxyl groups is 1. The molecule has 0 bridgehead atoms. The summed E-state index contributed by atoms with van der Waals surface area (Å²) in [6.07, 6.45) is 13.3. The molecule has 63 heavy (non-hydrogen) atoms. The van der Waals surface area contributed by atoms with Crippen molar-refractivity contribution in [2.75, 3.05) is 13.2 Å². The minimum Gasteiger partial charge on any atom is -0.508 e. The van der Waals surface area contributed by atoms with E-state index in [1.54, 1.807) is 74.5 Å². The molecule has 4 aromatic carbocycles. The molecule has 2 aliphatic heterocycles. The summed E-state index contributed by atoms with van der Waals surface area (Å²) in [6, 6.07) is 19.9. The summed E-state index contributed by atoms with van der Waals surface area (Å²) < 4.78 is 27.4. The first-order chi connectivity index (χ1) is 29.4. The van der Waals surface area contributed by atoms with Gasteiger partial charge in [-0.3, -0.25) is 9.59 Å². The van der Waals surface area contributed by atoms with Gasteiger partial charge in [-0.15, -0.1) is 12.8 Å². The van der Waals surface area contributed by atoms with Crippen LogP contribution in [0.5, 0.6) is 23.0 Å². The molecule has 4 aromatic rings. The number of esters is 3. The molecule has 0 spiro atoms. The predicted molar refractivity (Wildman–Crippen MR) is 241 cm³/mol. The predicted octanol–water partition coefficient (Wildman–Crippen LogP) is 9.53. The van der Waals surface area contributed by atoms with Gasteiger partial charge in [0.1, 0.15) is 34.2 Å². The smallest absolute Gasteiger partial charge is 0.343 e. The number of phenols is 1. The highest BCUT2D eigenvalue weighted by Crippen LogP contribution is 2.48. The molecule has 2 aliphatic rings. The van der Waals surface area contributed by atoms with Crippen LogP contribution >= 0.6 is 0 Å². The van der Waals surface area contributed by atoms with Crippen molar-refractivity contribution in [2.24, 2.45) is 0 Å². The Bertz CT molecular complexity index is 2400. The molecular weight excluding hydrogens is 801 g/mol. The fraction of sp³-hybridized carbons (Fsp3) is 0.385. The van der Waals surface area contributed by atoms with E-state index in [0.29, 0.717) is 47.2 Å². The van der Waals surface area contributed by atoms with Crippen molar-refractivity contribution in [1.29, 1.82) is 0 Å². The third-order valence-electron chi connectivity index (χ3n) is 10.3. The van der Waals surface area contributed by atoms with Crippen molar-refractivity contribution >= 4 is 23.9 Å². The Morgan fingerprint density at radius 1 is 0.635 bits per heavy atom. The number of carbonyl (C=O) groups excluding carboxylic acids is 3. The Morgan fingerprint density at radius 2 is 1.03 bits per heavy atom. The second-order valence-electron chi connectivity index (χ2n) is 17.9. The van der Waals surface area contributed by atoms with Gasteiger partial charge in [0, 0.05) is 11.1 Å². The van der Waals surface area contributed by atoms with Crippen LogP contribution in [0.2, 0.25) is 0 Å². The van der Waals surface area contributed by atoms with Crippen LogP contribution in [0.3, 0.4) is 0 Å². The van der Waals surface area contributed by atoms with Crippen molar-refractivity contribution in [3.63, 3.8) is 0 Å². The van der Waals surface area contributed by atoms with Gasteiger partial charge in [0.15, 0.2) is 0 Å². The maximum Gasteiger partial charge on any atom is 0.343 e. The van der Waals surface area contributed by atoms with Gasteiger partial charge in [-0.25, -0.2) is 9.59 Å². The molecule has 0 unspecified atom stereocenters. The van der Waals surface area contributed by atoms with Crippen LogP contribution in [0.25, 0.3) is 0 Å². The van der Waals surface area contributed by atoms with E-state index in [2.05, 4.69) is 39.5 Å². The maximum absolute atomic E-state index is 12.8. The van der Waals surface area contributed by atoms with Crippen LogP contribution in [0.1, 0.15) is 136 Å². The first kappa shape index (κ1) is 48.9. The number of fused-ring (bicyclic) bond motifs is 2. The molecule has 0 atom stereocenters. The Morgan fingerprint density at radius 3 is 1.43 bits per heavy atom. The fourth-order valence-electron chi connectivity index (χ4n) is 8.10. The third-order valence-corrected chi connectivity index (χ3v) is 10.3. The van der Waals surface area contributed by atoms with E-state index >= 15 is 0 Å². The van der Waals surface area contributed by atoms with E-state index in [4.69, 9.17) is 46.7 Å². The van der Waals surface area contributed by atoms with Crippen LogP contribution in [0.4, 0.5) is 0 Å². The van der Waals surface area contributed by atoms with Crippen molar-refractivity contribution < 1.29 is 53.1 Å². The maximum atomic E-state index is 12.8. The van der Waals surface area contributed by atoms with Gasteiger partial charge in [0.25, 0.3) is 0 Å². The molecule has 0 saturated heterocycles. The lowest BCUT2D eigenvalue weighted by atomic mass is 9.72. The number of phenolic OH excluding ortho intramolecular Hbond substituents is 1. The van der Waals surface area contributed by atoms with Crippen LogP contribution in [0.15, 0.2) is 72.8 Å². The quantitative estimate of drug-likeness (QED) is 0.0940. The number of carbonyl (C=O) groups is 4. The molecule has 0 amide bonds. The molecule has 0 aromatic heterocycles. The molecule has 0 saturated carbocycles. The first-order valence-electron chi connectivity index (χ1n) is 20.7. The molecular formula is C52H58O11. The van der Waals surface area contributed by atoms with E-state index in [1.165, 1.54) is 6.07 Å². The third kappa shape index (κ3) is 13.1. The van der Waals surface area contributed by atoms with Crippen molar-refractivity contribution in [3.05, 3.63) is 117 Å². The molecule has 0 fully saturated rings. The largest absolute Gasteiger partial charge is 0.508 e. The Balaban J connectivity index is 0.000000230. The van der Waals surface area contributed by atoms with Crippen molar-refractivity contribution in [3.8, 4) is 47.7 Å². The number of terminal acetylenes is 2. The van der Waals surface area contributed by atoms with Gasteiger partial charge in [0.05, 0.1) is 48.3 Å². The fourth-order valence-corrected chi connectivity index (χ4v) is 8.10. The van der Waals surface area contributed by atoms with Gasteiger partial charge in [0.2, 0.25) is 0 Å². The molecule has 0 aliphatic carbocycles. The summed E-state index contributed by atoms with van der Waals surface area (Å²) in [5.74, 6) is 5.06. The summed E-state index contributed by atoms with van der Waals surface area (Å²) in [4.78, 5) is 46.6. The summed E-state index contributed by atoms with van der Waals surface area (Å²) in [6.45, 7) is 20.8. The van der Waals surface area contributed by atoms with Crippen molar-refractivity contribution in [2.45, 2.75) is 117 Å². The number of carboxylic acid groups (broad SMARTS) is 1. The normalized spacial score (nSPS) is 15.4. The molecule has 2 N–H and O–H groups in total. The summed E-state index contributed by atoms with van der Waals surface area (Å²) in [7, 11) is 0. The van der Waals surface area contributed by atoms with E-state index in [9.17, 15) is 19.2 Å². The van der Waals surface area contributed by atoms with Crippen molar-refractivity contribution in [1.82, 2.24) is 0 Å². The minimum atomic E-state index is -0.972. The zero-order valence-electron chi connectivity index (χ0n) is 37.9. The van der Waals surface area contributed by atoms with Gasteiger partial charge in [-0.1, -0.05) is 63.8 Å². The van der Waals surface area contributed by atoms with Gasteiger partial charge >= 0.3 is 23.9 Å². The highest BCUT2D eigenvalue weighted by Gasteiger charge is 2.42. The monoisotopic (exact) mass is 858 g/mol. The van der Waals surface area contributed by atoms with E-state index in [-0.39, 0.29) is 58.1 Å².